The third-order valence-corrected chi connectivity index (χ3v) is 5.36. The van der Waals surface area contributed by atoms with Gasteiger partial charge in [0, 0.05) is 24.2 Å². The van der Waals surface area contributed by atoms with E-state index in [1.165, 1.54) is 6.92 Å². The molecule has 0 aromatic heterocycles. The number of fused-ring (bicyclic) bond motifs is 1. The molecular weight excluding hydrogens is 420 g/mol. The second-order valence-electron chi connectivity index (χ2n) is 7.87. The highest BCUT2D eigenvalue weighted by atomic mass is 16.7. The monoisotopic (exact) mass is 446 g/mol. The lowest BCUT2D eigenvalue weighted by Gasteiger charge is -2.20. The number of benzene rings is 3. The molecule has 1 atom stereocenters. The molecule has 0 bridgehead atoms. The van der Waals surface area contributed by atoms with E-state index in [0.717, 1.165) is 28.4 Å². The van der Waals surface area contributed by atoms with Crippen LogP contribution in [0.25, 0.3) is 0 Å². The van der Waals surface area contributed by atoms with Crippen molar-refractivity contribution >= 4 is 17.5 Å². The summed E-state index contributed by atoms with van der Waals surface area (Å²) in [5.74, 6) is 1.90. The average molecular weight is 447 g/mol. The lowest BCUT2D eigenvalue weighted by molar-refractivity contribution is -0.114. The van der Waals surface area contributed by atoms with Crippen molar-refractivity contribution in [1.82, 2.24) is 5.32 Å². The Bertz CT molecular complexity index is 1130. The summed E-state index contributed by atoms with van der Waals surface area (Å²) in [7, 11) is 1.63. The summed E-state index contributed by atoms with van der Waals surface area (Å²) in [6, 6.07) is 20.3. The van der Waals surface area contributed by atoms with E-state index in [4.69, 9.17) is 14.2 Å². The Morgan fingerprint density at radius 3 is 2.27 bits per heavy atom. The molecule has 0 fully saturated rings. The van der Waals surface area contributed by atoms with Crippen LogP contribution in [-0.2, 0) is 17.6 Å². The molecular formula is C26H26N2O5. The number of amides is 2. The third-order valence-electron chi connectivity index (χ3n) is 5.36. The van der Waals surface area contributed by atoms with Crippen molar-refractivity contribution in [2.75, 3.05) is 19.2 Å². The molecule has 0 saturated heterocycles. The molecule has 1 heterocycles. The van der Waals surface area contributed by atoms with Crippen molar-refractivity contribution in [2.24, 2.45) is 0 Å². The molecule has 3 aromatic carbocycles. The molecule has 1 aliphatic heterocycles. The van der Waals surface area contributed by atoms with Gasteiger partial charge in [-0.1, -0.05) is 18.2 Å². The summed E-state index contributed by atoms with van der Waals surface area (Å²) in [6.07, 6.45) is 1.27. The zero-order valence-electron chi connectivity index (χ0n) is 18.6. The SMILES string of the molecule is COc1ccc(C[C@H](Cc2ccc3c(c2)OCO3)NC(=O)c2ccc(NC(C)=O)cc2)cc1. The Morgan fingerprint density at radius 1 is 0.909 bits per heavy atom. The van der Waals surface area contributed by atoms with Crippen molar-refractivity contribution in [1.29, 1.82) is 0 Å². The van der Waals surface area contributed by atoms with Crippen LogP contribution >= 0.6 is 0 Å². The van der Waals surface area contributed by atoms with Gasteiger partial charge in [0.15, 0.2) is 11.5 Å². The average Bonchev–Trinajstić information content (AvgIpc) is 3.27. The first-order valence-corrected chi connectivity index (χ1v) is 10.7. The first-order valence-electron chi connectivity index (χ1n) is 10.7. The second-order valence-corrected chi connectivity index (χ2v) is 7.87. The van der Waals surface area contributed by atoms with Gasteiger partial charge in [-0.25, -0.2) is 0 Å². The molecule has 0 unspecified atom stereocenters. The normalized spacial score (nSPS) is 12.7. The highest BCUT2D eigenvalue weighted by Crippen LogP contribution is 2.33. The maximum absolute atomic E-state index is 13.0. The fourth-order valence-corrected chi connectivity index (χ4v) is 3.75. The van der Waals surface area contributed by atoms with Crippen molar-refractivity contribution in [3.63, 3.8) is 0 Å². The van der Waals surface area contributed by atoms with Gasteiger partial charge in [0.25, 0.3) is 5.91 Å². The number of ether oxygens (including phenoxy) is 3. The van der Waals surface area contributed by atoms with Crippen LogP contribution in [0, 0.1) is 0 Å². The minimum atomic E-state index is -0.177. The van der Waals surface area contributed by atoms with Gasteiger partial charge in [-0.15, -0.1) is 0 Å². The molecule has 0 aliphatic carbocycles. The van der Waals surface area contributed by atoms with Crippen molar-refractivity contribution < 1.29 is 23.8 Å². The van der Waals surface area contributed by atoms with E-state index >= 15 is 0 Å². The fourth-order valence-electron chi connectivity index (χ4n) is 3.75. The van der Waals surface area contributed by atoms with E-state index in [1.807, 2.05) is 42.5 Å². The Labute approximate surface area is 192 Å². The van der Waals surface area contributed by atoms with E-state index < -0.39 is 0 Å². The molecule has 1 aliphatic rings. The Kier molecular flexibility index (Phi) is 6.78. The molecule has 0 spiro atoms. The van der Waals surface area contributed by atoms with Crippen LogP contribution in [0.4, 0.5) is 5.69 Å². The van der Waals surface area contributed by atoms with E-state index in [-0.39, 0.29) is 24.6 Å². The zero-order valence-corrected chi connectivity index (χ0v) is 18.6. The van der Waals surface area contributed by atoms with Gasteiger partial charge in [0.05, 0.1) is 7.11 Å². The summed E-state index contributed by atoms with van der Waals surface area (Å²) in [4.78, 5) is 24.2. The van der Waals surface area contributed by atoms with E-state index in [1.54, 1.807) is 31.4 Å². The van der Waals surface area contributed by atoms with Crippen LogP contribution < -0.4 is 24.8 Å². The first kappa shape index (κ1) is 22.2. The number of hydrogen-bond donors (Lipinski definition) is 2. The smallest absolute Gasteiger partial charge is 0.251 e. The molecule has 33 heavy (non-hydrogen) atoms. The van der Waals surface area contributed by atoms with E-state index in [0.29, 0.717) is 24.1 Å². The molecule has 3 aromatic rings. The number of rotatable bonds is 8. The minimum Gasteiger partial charge on any atom is -0.497 e. The quantitative estimate of drug-likeness (QED) is 0.547. The van der Waals surface area contributed by atoms with Gasteiger partial charge in [-0.2, -0.15) is 0 Å². The lowest BCUT2D eigenvalue weighted by Crippen LogP contribution is -2.38. The molecule has 0 radical (unpaired) electrons. The molecule has 7 heteroatoms. The number of methoxy groups -OCH3 is 1. The van der Waals surface area contributed by atoms with Gasteiger partial charge in [0.1, 0.15) is 5.75 Å². The van der Waals surface area contributed by atoms with Crippen LogP contribution in [0.3, 0.4) is 0 Å². The Hall–Kier alpha value is -4.00. The summed E-state index contributed by atoms with van der Waals surface area (Å²) >= 11 is 0. The van der Waals surface area contributed by atoms with Crippen molar-refractivity contribution in [2.45, 2.75) is 25.8 Å². The number of carbonyl (C=O) groups is 2. The van der Waals surface area contributed by atoms with Gasteiger partial charge in [-0.3, -0.25) is 9.59 Å². The first-order chi connectivity index (χ1) is 16.0. The highest BCUT2D eigenvalue weighted by Gasteiger charge is 2.19. The molecule has 2 amide bonds. The zero-order chi connectivity index (χ0) is 23.2. The topological polar surface area (TPSA) is 85.9 Å². The summed E-state index contributed by atoms with van der Waals surface area (Å²) in [5, 5.41) is 5.86. The standard InChI is InChI=1S/C26H26N2O5/c1-17(29)27-21-8-6-20(7-9-21)26(30)28-22(13-18-3-10-23(31-2)11-4-18)14-19-5-12-24-25(15-19)33-16-32-24/h3-12,15,22H,13-14,16H2,1-2H3,(H,27,29)(H,28,30)/t22-/m1/s1. The molecule has 7 nitrogen and oxygen atoms in total. The summed E-state index contributed by atoms with van der Waals surface area (Å²) in [6.45, 7) is 1.67. The number of carbonyl (C=O) groups excluding carboxylic acids is 2. The summed E-state index contributed by atoms with van der Waals surface area (Å²) in [5.41, 5.74) is 3.30. The Morgan fingerprint density at radius 2 is 1.58 bits per heavy atom. The Balaban J connectivity index is 1.50. The van der Waals surface area contributed by atoms with Crippen LogP contribution in [0.2, 0.25) is 0 Å². The second kappa shape index (κ2) is 10.1. The van der Waals surface area contributed by atoms with Gasteiger partial charge in [0.2, 0.25) is 12.7 Å². The van der Waals surface area contributed by atoms with Crippen LogP contribution in [0.15, 0.2) is 66.7 Å². The van der Waals surface area contributed by atoms with Gasteiger partial charge in [-0.05, 0) is 72.5 Å². The third kappa shape index (κ3) is 5.83. The van der Waals surface area contributed by atoms with E-state index in [2.05, 4.69) is 10.6 Å². The lowest BCUT2D eigenvalue weighted by atomic mass is 9.98. The number of anilines is 1. The number of hydrogen-bond acceptors (Lipinski definition) is 5. The maximum atomic E-state index is 13.0. The van der Waals surface area contributed by atoms with Crippen LogP contribution in [0.1, 0.15) is 28.4 Å². The summed E-state index contributed by atoms with van der Waals surface area (Å²) < 4.78 is 16.1. The van der Waals surface area contributed by atoms with Crippen molar-refractivity contribution in [3.8, 4) is 17.2 Å². The molecule has 170 valence electrons. The fraction of sp³-hybridized carbons (Fsp3) is 0.231. The highest BCUT2D eigenvalue weighted by molar-refractivity contribution is 5.95. The van der Waals surface area contributed by atoms with Crippen LogP contribution in [-0.4, -0.2) is 31.8 Å². The van der Waals surface area contributed by atoms with Gasteiger partial charge < -0.3 is 24.8 Å². The minimum absolute atomic E-state index is 0.152. The molecule has 2 N–H and O–H groups in total. The predicted octanol–water partition coefficient (Wildman–Crippen LogP) is 3.97. The number of nitrogens with one attached hydrogen (secondary N) is 2. The molecule has 0 saturated carbocycles. The van der Waals surface area contributed by atoms with Gasteiger partial charge >= 0.3 is 0 Å². The molecule has 4 rings (SSSR count). The largest absolute Gasteiger partial charge is 0.497 e. The van der Waals surface area contributed by atoms with Crippen LogP contribution in [0.5, 0.6) is 17.2 Å². The predicted molar refractivity (Wildman–Crippen MR) is 125 cm³/mol. The van der Waals surface area contributed by atoms with Crippen molar-refractivity contribution in [3.05, 3.63) is 83.4 Å². The van der Waals surface area contributed by atoms with E-state index in [9.17, 15) is 9.59 Å². The maximum Gasteiger partial charge on any atom is 0.251 e.